The number of anilines is 1. The van der Waals surface area contributed by atoms with Gasteiger partial charge in [-0.1, -0.05) is 6.08 Å². The van der Waals surface area contributed by atoms with E-state index in [2.05, 4.69) is 6.58 Å². The van der Waals surface area contributed by atoms with E-state index >= 15 is 0 Å². The number of nitrogen functional groups attached to an aromatic ring is 1. The molecule has 0 bridgehead atoms. The van der Waals surface area contributed by atoms with Gasteiger partial charge in [-0.25, -0.2) is 12.8 Å². The van der Waals surface area contributed by atoms with Crippen molar-refractivity contribution in [1.82, 2.24) is 4.31 Å². The second-order valence-electron chi connectivity index (χ2n) is 3.99. The molecule has 0 fully saturated rings. The van der Waals surface area contributed by atoms with E-state index in [0.29, 0.717) is 0 Å². The first kappa shape index (κ1) is 15.6. The van der Waals surface area contributed by atoms with Gasteiger partial charge in [0.1, 0.15) is 5.82 Å². The molecule has 5 nitrogen and oxygen atoms in total. The number of sulfonamides is 1. The van der Waals surface area contributed by atoms with E-state index in [1.165, 1.54) is 19.1 Å². The van der Waals surface area contributed by atoms with Crippen molar-refractivity contribution in [2.75, 3.05) is 25.4 Å². The van der Waals surface area contributed by atoms with E-state index in [9.17, 15) is 12.8 Å². The molecule has 0 aliphatic heterocycles. The maximum absolute atomic E-state index is 13.6. The standard InChI is InChI=1S/C12H17FN2O3S/c1-3-4-15(5-6-16)19(17,18)10-7-11(13)9(2)12(14)8-10/h3,7-8,16H,1,4-6,14H2,2H3. The molecule has 0 unspecified atom stereocenters. The number of rotatable bonds is 6. The van der Waals surface area contributed by atoms with Gasteiger partial charge >= 0.3 is 0 Å². The van der Waals surface area contributed by atoms with Crippen LogP contribution in [0.4, 0.5) is 10.1 Å². The third-order valence-corrected chi connectivity index (χ3v) is 4.52. The molecule has 106 valence electrons. The molecule has 0 amide bonds. The largest absolute Gasteiger partial charge is 0.398 e. The van der Waals surface area contributed by atoms with E-state index in [4.69, 9.17) is 10.8 Å². The number of aliphatic hydroxyl groups excluding tert-OH is 1. The molecule has 0 saturated carbocycles. The molecule has 7 heteroatoms. The third kappa shape index (κ3) is 3.31. The first-order chi connectivity index (χ1) is 8.84. The van der Waals surface area contributed by atoms with E-state index in [-0.39, 0.29) is 35.8 Å². The Morgan fingerprint density at radius 1 is 1.53 bits per heavy atom. The highest BCUT2D eigenvalue weighted by Crippen LogP contribution is 2.23. The van der Waals surface area contributed by atoms with Gasteiger partial charge in [-0.05, 0) is 19.1 Å². The van der Waals surface area contributed by atoms with Crippen LogP contribution in [0.3, 0.4) is 0 Å². The molecule has 0 heterocycles. The van der Waals surface area contributed by atoms with Gasteiger partial charge in [-0.15, -0.1) is 6.58 Å². The van der Waals surface area contributed by atoms with Crippen LogP contribution in [0.5, 0.6) is 0 Å². The van der Waals surface area contributed by atoms with Crippen LogP contribution < -0.4 is 5.73 Å². The Labute approximate surface area is 112 Å². The van der Waals surface area contributed by atoms with Crippen molar-refractivity contribution in [3.8, 4) is 0 Å². The fraction of sp³-hybridized carbons (Fsp3) is 0.333. The Bertz CT molecular complexity index is 549. The van der Waals surface area contributed by atoms with E-state index in [1.54, 1.807) is 0 Å². The monoisotopic (exact) mass is 288 g/mol. The smallest absolute Gasteiger partial charge is 0.243 e. The van der Waals surface area contributed by atoms with Crippen LogP contribution >= 0.6 is 0 Å². The highest BCUT2D eigenvalue weighted by molar-refractivity contribution is 7.89. The lowest BCUT2D eigenvalue weighted by Crippen LogP contribution is -2.33. The Hall–Kier alpha value is -1.44. The van der Waals surface area contributed by atoms with Gasteiger partial charge in [0.25, 0.3) is 0 Å². The molecule has 0 aliphatic carbocycles. The number of benzene rings is 1. The van der Waals surface area contributed by atoms with Crippen molar-refractivity contribution >= 4 is 15.7 Å². The summed E-state index contributed by atoms with van der Waals surface area (Å²) in [5.74, 6) is -0.680. The van der Waals surface area contributed by atoms with Crippen LogP contribution in [0.2, 0.25) is 0 Å². The molecule has 1 rings (SSSR count). The number of hydrogen-bond donors (Lipinski definition) is 2. The fourth-order valence-corrected chi connectivity index (χ4v) is 2.99. The Morgan fingerprint density at radius 2 is 2.16 bits per heavy atom. The molecule has 0 radical (unpaired) electrons. The molecule has 0 spiro atoms. The lowest BCUT2D eigenvalue weighted by Gasteiger charge is -2.20. The summed E-state index contributed by atoms with van der Waals surface area (Å²) < 4.78 is 39.1. The zero-order chi connectivity index (χ0) is 14.6. The first-order valence-electron chi connectivity index (χ1n) is 5.62. The summed E-state index contributed by atoms with van der Waals surface area (Å²) >= 11 is 0. The molecule has 1 aromatic rings. The SMILES string of the molecule is C=CCN(CCO)S(=O)(=O)c1cc(N)c(C)c(F)c1. The number of nitrogens with two attached hydrogens (primary N) is 1. The van der Waals surface area contributed by atoms with Crippen molar-refractivity contribution in [3.05, 3.63) is 36.2 Å². The minimum absolute atomic E-state index is 0.0261. The highest BCUT2D eigenvalue weighted by Gasteiger charge is 2.24. The van der Waals surface area contributed by atoms with Crippen LogP contribution in [0.25, 0.3) is 0 Å². The van der Waals surface area contributed by atoms with Crippen LogP contribution in [0, 0.1) is 12.7 Å². The molecule has 0 aromatic heterocycles. The maximum Gasteiger partial charge on any atom is 0.243 e. The Morgan fingerprint density at radius 3 is 2.63 bits per heavy atom. The molecular formula is C12H17FN2O3S. The average Bonchev–Trinajstić information content (AvgIpc) is 2.35. The van der Waals surface area contributed by atoms with E-state index in [0.717, 1.165) is 10.4 Å². The lowest BCUT2D eigenvalue weighted by atomic mass is 10.2. The second-order valence-corrected chi connectivity index (χ2v) is 5.93. The predicted molar refractivity (Wildman–Crippen MR) is 71.6 cm³/mol. The summed E-state index contributed by atoms with van der Waals surface area (Å²) in [6, 6.07) is 2.13. The van der Waals surface area contributed by atoms with Gasteiger partial charge < -0.3 is 10.8 Å². The molecule has 0 saturated heterocycles. The third-order valence-electron chi connectivity index (χ3n) is 2.68. The van der Waals surface area contributed by atoms with Gasteiger partial charge in [0, 0.05) is 24.3 Å². The number of hydrogen-bond acceptors (Lipinski definition) is 4. The summed E-state index contributed by atoms with van der Waals surface area (Å²) in [4.78, 5) is -0.233. The molecule has 19 heavy (non-hydrogen) atoms. The zero-order valence-corrected chi connectivity index (χ0v) is 11.5. The number of aliphatic hydroxyl groups is 1. The highest BCUT2D eigenvalue weighted by atomic mass is 32.2. The number of halogens is 1. The van der Waals surface area contributed by atoms with Crippen LogP contribution in [-0.4, -0.2) is 37.5 Å². The topological polar surface area (TPSA) is 83.6 Å². The van der Waals surface area contributed by atoms with E-state index < -0.39 is 15.8 Å². The molecule has 3 N–H and O–H groups in total. The van der Waals surface area contributed by atoms with Gasteiger partial charge in [-0.3, -0.25) is 0 Å². The van der Waals surface area contributed by atoms with Gasteiger partial charge in [0.05, 0.1) is 11.5 Å². The van der Waals surface area contributed by atoms with Crippen molar-refractivity contribution in [3.63, 3.8) is 0 Å². The number of nitrogens with zero attached hydrogens (tertiary/aromatic N) is 1. The molecular weight excluding hydrogens is 271 g/mol. The summed E-state index contributed by atoms with van der Waals surface area (Å²) in [7, 11) is -3.91. The average molecular weight is 288 g/mol. The van der Waals surface area contributed by atoms with Gasteiger partial charge in [0.15, 0.2) is 0 Å². The summed E-state index contributed by atoms with van der Waals surface area (Å²) in [6.45, 7) is 4.52. The Kier molecular flexibility index (Phi) is 5.04. The van der Waals surface area contributed by atoms with E-state index in [1.807, 2.05) is 0 Å². The zero-order valence-electron chi connectivity index (χ0n) is 10.6. The molecule has 0 atom stereocenters. The van der Waals surface area contributed by atoms with Crippen molar-refractivity contribution in [2.45, 2.75) is 11.8 Å². The predicted octanol–water partition coefficient (Wildman–Crippen LogP) is 0.885. The second kappa shape index (κ2) is 6.14. The van der Waals surface area contributed by atoms with Gasteiger partial charge in [-0.2, -0.15) is 4.31 Å². The quantitative estimate of drug-likeness (QED) is 0.601. The summed E-state index contributed by atoms with van der Waals surface area (Å²) in [5, 5.41) is 8.89. The maximum atomic E-state index is 13.6. The van der Waals surface area contributed by atoms with Crippen molar-refractivity contribution in [2.24, 2.45) is 0 Å². The van der Waals surface area contributed by atoms with Gasteiger partial charge in [0.2, 0.25) is 10.0 Å². The summed E-state index contributed by atoms with van der Waals surface area (Å²) in [6.07, 6.45) is 1.39. The lowest BCUT2D eigenvalue weighted by molar-refractivity contribution is 0.260. The minimum Gasteiger partial charge on any atom is -0.398 e. The van der Waals surface area contributed by atoms with Crippen LogP contribution in [0.1, 0.15) is 5.56 Å². The Balaban J connectivity index is 3.28. The van der Waals surface area contributed by atoms with Crippen molar-refractivity contribution < 1.29 is 17.9 Å². The summed E-state index contributed by atoms with van der Waals surface area (Å²) in [5.41, 5.74) is 5.85. The fourth-order valence-electron chi connectivity index (χ4n) is 1.54. The molecule has 1 aromatic carbocycles. The minimum atomic E-state index is -3.91. The van der Waals surface area contributed by atoms with Crippen LogP contribution in [0.15, 0.2) is 29.7 Å². The molecule has 0 aliphatic rings. The van der Waals surface area contributed by atoms with Crippen LogP contribution in [-0.2, 0) is 10.0 Å². The van der Waals surface area contributed by atoms with Crippen molar-refractivity contribution in [1.29, 1.82) is 0 Å². The normalized spacial score (nSPS) is 11.8. The first-order valence-corrected chi connectivity index (χ1v) is 7.06.